The molecule has 1 aliphatic rings. The average Bonchev–Trinajstić information content (AvgIpc) is 2.89. The molecular weight excluding hydrogens is 190 g/mol. The van der Waals surface area contributed by atoms with Gasteiger partial charge in [-0.1, -0.05) is 19.0 Å². The predicted molar refractivity (Wildman–Crippen MR) is 57.6 cm³/mol. The van der Waals surface area contributed by atoms with Gasteiger partial charge in [0.15, 0.2) is 5.82 Å². The molecule has 15 heavy (non-hydrogen) atoms. The first kappa shape index (κ1) is 10.6. The van der Waals surface area contributed by atoms with Crippen LogP contribution in [0.1, 0.15) is 63.2 Å². The van der Waals surface area contributed by atoms with Crippen molar-refractivity contribution in [3.63, 3.8) is 0 Å². The van der Waals surface area contributed by atoms with E-state index in [1.54, 1.807) is 0 Å². The van der Waals surface area contributed by atoms with Gasteiger partial charge in [0.2, 0.25) is 5.89 Å². The predicted octanol–water partition coefficient (Wildman–Crippen LogP) is 2.40. The summed E-state index contributed by atoms with van der Waals surface area (Å²) in [6.45, 7) is 5.39. The maximum atomic E-state index is 5.32. The molecule has 0 aliphatic carbocycles. The van der Waals surface area contributed by atoms with Gasteiger partial charge >= 0.3 is 0 Å². The SMILES string of the molecule is CCC(CC)c1nc(C2CCCN2)no1. The summed E-state index contributed by atoms with van der Waals surface area (Å²) in [7, 11) is 0. The van der Waals surface area contributed by atoms with Crippen LogP contribution >= 0.6 is 0 Å². The second-order valence-corrected chi connectivity index (χ2v) is 4.15. The largest absolute Gasteiger partial charge is 0.339 e. The number of aromatic nitrogens is 2. The molecule has 1 fully saturated rings. The van der Waals surface area contributed by atoms with Crippen molar-refractivity contribution in [3.8, 4) is 0 Å². The summed E-state index contributed by atoms with van der Waals surface area (Å²) in [5.41, 5.74) is 0. The molecule has 1 unspecified atom stereocenters. The Hall–Kier alpha value is -0.900. The Morgan fingerprint density at radius 2 is 2.27 bits per heavy atom. The minimum atomic E-state index is 0.317. The van der Waals surface area contributed by atoms with Crippen molar-refractivity contribution in [2.45, 2.75) is 51.5 Å². The van der Waals surface area contributed by atoms with E-state index >= 15 is 0 Å². The topological polar surface area (TPSA) is 51.0 Å². The molecule has 4 heteroatoms. The third kappa shape index (κ3) is 2.20. The fraction of sp³-hybridized carbons (Fsp3) is 0.818. The van der Waals surface area contributed by atoms with Gasteiger partial charge in [0.25, 0.3) is 0 Å². The molecule has 2 heterocycles. The van der Waals surface area contributed by atoms with Crippen LogP contribution in [-0.2, 0) is 0 Å². The number of hydrogen-bond acceptors (Lipinski definition) is 4. The lowest BCUT2D eigenvalue weighted by Crippen LogP contribution is -2.14. The van der Waals surface area contributed by atoms with E-state index in [-0.39, 0.29) is 0 Å². The molecule has 1 aliphatic heterocycles. The van der Waals surface area contributed by atoms with Gasteiger partial charge in [-0.3, -0.25) is 0 Å². The van der Waals surface area contributed by atoms with Crippen LogP contribution in [0.4, 0.5) is 0 Å². The van der Waals surface area contributed by atoms with Gasteiger partial charge in [0.05, 0.1) is 6.04 Å². The van der Waals surface area contributed by atoms with Crippen molar-refractivity contribution in [3.05, 3.63) is 11.7 Å². The summed E-state index contributed by atoms with van der Waals surface area (Å²) in [5.74, 6) is 2.07. The van der Waals surface area contributed by atoms with E-state index in [0.29, 0.717) is 12.0 Å². The third-order valence-electron chi connectivity index (χ3n) is 3.16. The van der Waals surface area contributed by atoms with Crippen LogP contribution < -0.4 is 5.32 Å². The first-order valence-corrected chi connectivity index (χ1v) is 5.92. The van der Waals surface area contributed by atoms with Crippen LogP contribution in [0.5, 0.6) is 0 Å². The number of rotatable bonds is 4. The van der Waals surface area contributed by atoms with E-state index in [1.807, 2.05) is 0 Å². The van der Waals surface area contributed by atoms with E-state index in [2.05, 4.69) is 29.3 Å². The lowest BCUT2D eigenvalue weighted by Gasteiger charge is -2.05. The molecule has 0 bridgehead atoms. The Bertz CT molecular complexity index is 284. The minimum Gasteiger partial charge on any atom is -0.339 e. The highest BCUT2D eigenvalue weighted by atomic mass is 16.5. The second kappa shape index (κ2) is 4.75. The Kier molecular flexibility index (Phi) is 3.36. The fourth-order valence-corrected chi connectivity index (χ4v) is 2.10. The van der Waals surface area contributed by atoms with Crippen LogP contribution in [0, 0.1) is 0 Å². The zero-order valence-corrected chi connectivity index (χ0v) is 9.49. The van der Waals surface area contributed by atoms with Crippen molar-refractivity contribution < 1.29 is 4.52 Å². The highest BCUT2D eigenvalue weighted by Crippen LogP contribution is 2.25. The zero-order valence-electron chi connectivity index (χ0n) is 9.49. The Labute approximate surface area is 90.4 Å². The van der Waals surface area contributed by atoms with Crippen LogP contribution in [-0.4, -0.2) is 16.7 Å². The molecule has 1 aromatic heterocycles. The smallest absolute Gasteiger partial charge is 0.229 e. The monoisotopic (exact) mass is 209 g/mol. The lowest BCUT2D eigenvalue weighted by molar-refractivity contribution is 0.339. The summed E-state index contributed by atoms with van der Waals surface area (Å²) >= 11 is 0. The van der Waals surface area contributed by atoms with Gasteiger partial charge in [-0.15, -0.1) is 0 Å². The minimum absolute atomic E-state index is 0.317. The van der Waals surface area contributed by atoms with Gasteiger partial charge in [-0.05, 0) is 32.2 Å². The molecule has 4 nitrogen and oxygen atoms in total. The van der Waals surface area contributed by atoms with E-state index < -0.39 is 0 Å². The Morgan fingerprint density at radius 1 is 1.47 bits per heavy atom. The molecule has 2 rings (SSSR count). The zero-order chi connectivity index (χ0) is 10.7. The highest BCUT2D eigenvalue weighted by Gasteiger charge is 2.23. The van der Waals surface area contributed by atoms with E-state index in [1.165, 1.54) is 6.42 Å². The number of nitrogens with one attached hydrogen (secondary N) is 1. The summed E-state index contributed by atoms with van der Waals surface area (Å²) in [4.78, 5) is 4.49. The molecule has 0 spiro atoms. The van der Waals surface area contributed by atoms with E-state index in [0.717, 1.165) is 37.5 Å². The molecule has 1 saturated heterocycles. The van der Waals surface area contributed by atoms with Crippen molar-refractivity contribution in [2.75, 3.05) is 6.54 Å². The molecule has 1 atom stereocenters. The summed E-state index contributed by atoms with van der Waals surface area (Å²) < 4.78 is 5.32. The summed E-state index contributed by atoms with van der Waals surface area (Å²) in [6, 6.07) is 0.317. The van der Waals surface area contributed by atoms with Crippen LogP contribution in [0.15, 0.2) is 4.52 Å². The van der Waals surface area contributed by atoms with Gasteiger partial charge in [0, 0.05) is 5.92 Å². The van der Waals surface area contributed by atoms with Crippen LogP contribution in [0.2, 0.25) is 0 Å². The van der Waals surface area contributed by atoms with Crippen molar-refractivity contribution in [1.82, 2.24) is 15.5 Å². The lowest BCUT2D eigenvalue weighted by atomic mass is 10.0. The first-order valence-electron chi connectivity index (χ1n) is 5.92. The molecule has 0 aromatic carbocycles. The quantitative estimate of drug-likeness (QED) is 0.827. The van der Waals surface area contributed by atoms with Crippen molar-refractivity contribution >= 4 is 0 Å². The third-order valence-corrected chi connectivity index (χ3v) is 3.16. The molecule has 0 radical (unpaired) electrons. The van der Waals surface area contributed by atoms with Crippen molar-refractivity contribution in [1.29, 1.82) is 0 Å². The van der Waals surface area contributed by atoms with Gasteiger partial charge in [-0.2, -0.15) is 4.98 Å². The molecule has 84 valence electrons. The maximum Gasteiger partial charge on any atom is 0.229 e. The molecule has 0 saturated carbocycles. The molecule has 1 N–H and O–H groups in total. The fourth-order valence-electron chi connectivity index (χ4n) is 2.10. The molecule has 1 aromatic rings. The normalized spacial score (nSPS) is 21.4. The average molecular weight is 209 g/mol. The van der Waals surface area contributed by atoms with Gasteiger partial charge in [-0.25, -0.2) is 0 Å². The molecular formula is C11H19N3O. The van der Waals surface area contributed by atoms with Crippen LogP contribution in [0.25, 0.3) is 0 Å². The summed E-state index contributed by atoms with van der Waals surface area (Å²) in [6.07, 6.45) is 4.47. The Balaban J connectivity index is 2.08. The van der Waals surface area contributed by atoms with Crippen LogP contribution in [0.3, 0.4) is 0 Å². The Morgan fingerprint density at radius 3 is 2.87 bits per heavy atom. The van der Waals surface area contributed by atoms with Crippen molar-refractivity contribution in [2.24, 2.45) is 0 Å². The van der Waals surface area contributed by atoms with E-state index in [9.17, 15) is 0 Å². The highest BCUT2D eigenvalue weighted by molar-refractivity contribution is 4.99. The second-order valence-electron chi connectivity index (χ2n) is 4.15. The van der Waals surface area contributed by atoms with Gasteiger partial charge in [0.1, 0.15) is 0 Å². The molecule has 0 amide bonds. The van der Waals surface area contributed by atoms with E-state index in [4.69, 9.17) is 4.52 Å². The standard InChI is InChI=1S/C11H19N3O/c1-3-8(4-2)11-13-10(14-15-11)9-6-5-7-12-9/h8-9,12H,3-7H2,1-2H3. The number of hydrogen-bond donors (Lipinski definition) is 1. The maximum absolute atomic E-state index is 5.32. The first-order chi connectivity index (χ1) is 7.35. The van der Waals surface area contributed by atoms with Gasteiger partial charge < -0.3 is 9.84 Å². The number of nitrogens with zero attached hydrogens (tertiary/aromatic N) is 2. The summed E-state index contributed by atoms with van der Waals surface area (Å²) in [5, 5.41) is 7.44.